The Morgan fingerprint density at radius 1 is 1.03 bits per heavy atom. The largest absolute Gasteiger partial charge is 0.493 e. The van der Waals surface area contributed by atoms with Crippen molar-refractivity contribution in [2.75, 3.05) is 39.1 Å². The Labute approximate surface area is 211 Å². The van der Waals surface area contributed by atoms with E-state index in [0.717, 1.165) is 29.8 Å². The summed E-state index contributed by atoms with van der Waals surface area (Å²) in [5.41, 5.74) is 1.00. The fourth-order valence-electron chi connectivity index (χ4n) is 4.20. The van der Waals surface area contributed by atoms with E-state index in [1.807, 2.05) is 42.5 Å². The highest BCUT2D eigenvalue weighted by Gasteiger charge is 2.25. The Bertz CT molecular complexity index is 1090. The lowest BCUT2D eigenvalue weighted by molar-refractivity contribution is -0.118. The number of benzene rings is 2. The summed E-state index contributed by atoms with van der Waals surface area (Å²) in [5.74, 6) is 2.41. The predicted octanol–water partition coefficient (Wildman–Crippen LogP) is 4.11. The smallest absolute Gasteiger partial charge is 0.230 e. The average Bonchev–Trinajstić information content (AvgIpc) is 3.34. The SMILES string of the molecule is COc1ccccc1OCCNC(=O)CSc1nnc(C(C)N2CCCCC2)n1-c1ccccc1. The topological polar surface area (TPSA) is 81.5 Å². The standard InChI is InChI=1S/C26H33N5O3S/c1-20(30-16-9-4-10-17-30)25-28-29-26(31(25)21-11-5-3-6-12-21)35-19-24(32)27-15-18-34-23-14-8-7-13-22(23)33-2/h3,5-8,11-14,20H,4,9-10,15-19H2,1-2H3,(H,27,32). The van der Waals surface area contributed by atoms with E-state index < -0.39 is 0 Å². The lowest BCUT2D eigenvalue weighted by atomic mass is 10.1. The van der Waals surface area contributed by atoms with Crippen molar-refractivity contribution in [1.29, 1.82) is 0 Å². The maximum absolute atomic E-state index is 12.5. The van der Waals surface area contributed by atoms with Crippen molar-refractivity contribution in [2.45, 2.75) is 37.4 Å². The number of methoxy groups -OCH3 is 1. The normalized spacial score (nSPS) is 14.9. The molecular formula is C26H33N5O3S. The molecule has 1 unspecified atom stereocenters. The summed E-state index contributed by atoms with van der Waals surface area (Å²) >= 11 is 1.39. The van der Waals surface area contributed by atoms with Gasteiger partial charge in [0, 0.05) is 5.69 Å². The van der Waals surface area contributed by atoms with Gasteiger partial charge in [-0.15, -0.1) is 10.2 Å². The first kappa shape index (κ1) is 25.1. The molecule has 0 aliphatic carbocycles. The number of nitrogens with one attached hydrogen (secondary N) is 1. The van der Waals surface area contributed by atoms with E-state index >= 15 is 0 Å². The number of aromatic nitrogens is 3. The molecule has 2 aromatic carbocycles. The molecule has 1 fully saturated rings. The van der Waals surface area contributed by atoms with Crippen molar-refractivity contribution in [3.05, 3.63) is 60.4 Å². The Balaban J connectivity index is 1.36. The molecule has 0 saturated carbocycles. The molecule has 1 aromatic heterocycles. The van der Waals surface area contributed by atoms with Gasteiger partial charge in [0.05, 0.1) is 25.4 Å². The first-order valence-electron chi connectivity index (χ1n) is 12.1. The van der Waals surface area contributed by atoms with Crippen LogP contribution in [0.3, 0.4) is 0 Å². The molecule has 1 atom stereocenters. The third-order valence-corrected chi connectivity index (χ3v) is 7.00. The summed E-state index contributed by atoms with van der Waals surface area (Å²) in [6.45, 7) is 5.10. The van der Waals surface area contributed by atoms with Gasteiger partial charge in [-0.1, -0.05) is 48.5 Å². The number of carbonyl (C=O) groups excluding carboxylic acids is 1. The molecule has 0 spiro atoms. The molecule has 4 rings (SSSR count). The number of carbonyl (C=O) groups is 1. The minimum Gasteiger partial charge on any atom is -0.493 e. The first-order chi connectivity index (χ1) is 17.2. The van der Waals surface area contributed by atoms with Gasteiger partial charge in [-0.2, -0.15) is 0 Å². The van der Waals surface area contributed by atoms with Crippen molar-refractivity contribution >= 4 is 17.7 Å². The number of piperidine rings is 1. The summed E-state index contributed by atoms with van der Waals surface area (Å²) in [6.07, 6.45) is 3.72. The highest BCUT2D eigenvalue weighted by atomic mass is 32.2. The third kappa shape index (κ3) is 6.55. The Hall–Kier alpha value is -3.04. The number of amides is 1. The average molecular weight is 496 g/mol. The van der Waals surface area contributed by atoms with Gasteiger partial charge < -0.3 is 14.8 Å². The van der Waals surface area contributed by atoms with E-state index in [1.165, 1.54) is 31.0 Å². The Kier molecular flexibility index (Phi) is 9.02. The zero-order valence-electron chi connectivity index (χ0n) is 20.4. The summed E-state index contributed by atoms with van der Waals surface area (Å²) in [6, 6.07) is 17.7. The number of likely N-dealkylation sites (tertiary alicyclic amines) is 1. The van der Waals surface area contributed by atoms with Crippen LogP contribution in [-0.4, -0.2) is 64.7 Å². The van der Waals surface area contributed by atoms with Crippen LogP contribution in [0.5, 0.6) is 11.5 Å². The monoisotopic (exact) mass is 495 g/mol. The second-order valence-electron chi connectivity index (χ2n) is 8.42. The van der Waals surface area contributed by atoms with E-state index in [-0.39, 0.29) is 17.7 Å². The van der Waals surface area contributed by atoms with Crippen molar-refractivity contribution < 1.29 is 14.3 Å². The van der Waals surface area contributed by atoms with Crippen molar-refractivity contribution in [2.24, 2.45) is 0 Å². The molecule has 0 radical (unpaired) electrons. The fourth-order valence-corrected chi connectivity index (χ4v) is 4.99. The number of nitrogens with zero attached hydrogens (tertiary/aromatic N) is 4. The second-order valence-corrected chi connectivity index (χ2v) is 9.36. The molecule has 8 nitrogen and oxygen atoms in total. The highest BCUT2D eigenvalue weighted by Crippen LogP contribution is 2.29. The second kappa shape index (κ2) is 12.6. The molecule has 9 heteroatoms. The van der Waals surface area contributed by atoms with Crippen LogP contribution in [-0.2, 0) is 4.79 Å². The maximum Gasteiger partial charge on any atom is 0.230 e. The van der Waals surface area contributed by atoms with Gasteiger partial charge in [-0.25, -0.2) is 0 Å². The van der Waals surface area contributed by atoms with Crippen LogP contribution >= 0.6 is 11.8 Å². The lowest BCUT2D eigenvalue weighted by Gasteiger charge is -2.31. The van der Waals surface area contributed by atoms with Gasteiger partial charge in [0.2, 0.25) is 5.91 Å². The highest BCUT2D eigenvalue weighted by molar-refractivity contribution is 7.99. The summed E-state index contributed by atoms with van der Waals surface area (Å²) in [7, 11) is 1.61. The number of rotatable bonds is 11. The lowest BCUT2D eigenvalue weighted by Crippen LogP contribution is -2.33. The van der Waals surface area contributed by atoms with Gasteiger partial charge in [0.25, 0.3) is 0 Å². The summed E-state index contributed by atoms with van der Waals surface area (Å²) in [4.78, 5) is 15.0. The molecule has 1 saturated heterocycles. The van der Waals surface area contributed by atoms with Gasteiger partial charge in [-0.3, -0.25) is 14.3 Å². The third-order valence-electron chi connectivity index (χ3n) is 6.07. The molecule has 2 heterocycles. The number of thioether (sulfide) groups is 1. The molecule has 1 N–H and O–H groups in total. The van der Waals surface area contributed by atoms with Crippen LogP contribution < -0.4 is 14.8 Å². The summed E-state index contributed by atoms with van der Waals surface area (Å²) in [5, 5.41) is 12.7. The van der Waals surface area contributed by atoms with E-state index in [9.17, 15) is 4.79 Å². The first-order valence-corrected chi connectivity index (χ1v) is 13.1. The maximum atomic E-state index is 12.5. The van der Waals surface area contributed by atoms with Crippen molar-refractivity contribution in [3.63, 3.8) is 0 Å². The molecule has 1 aliphatic heterocycles. The van der Waals surface area contributed by atoms with Gasteiger partial charge in [0.15, 0.2) is 22.5 Å². The number of hydrogen-bond acceptors (Lipinski definition) is 7. The van der Waals surface area contributed by atoms with Crippen LogP contribution in [0.1, 0.15) is 38.1 Å². The quantitative estimate of drug-likeness (QED) is 0.317. The van der Waals surface area contributed by atoms with Crippen LogP contribution in [0.15, 0.2) is 59.8 Å². The van der Waals surface area contributed by atoms with Crippen LogP contribution in [0.2, 0.25) is 0 Å². The zero-order chi connectivity index (χ0) is 24.5. The molecule has 3 aromatic rings. The van der Waals surface area contributed by atoms with Crippen LogP contribution in [0.4, 0.5) is 0 Å². The van der Waals surface area contributed by atoms with Gasteiger partial charge in [0.1, 0.15) is 6.61 Å². The number of hydrogen-bond donors (Lipinski definition) is 1. The molecule has 0 bridgehead atoms. The van der Waals surface area contributed by atoms with Crippen molar-refractivity contribution in [3.8, 4) is 17.2 Å². The Morgan fingerprint density at radius 3 is 2.49 bits per heavy atom. The number of para-hydroxylation sites is 3. The van der Waals surface area contributed by atoms with Crippen LogP contribution in [0.25, 0.3) is 5.69 Å². The minimum atomic E-state index is -0.0770. The van der Waals surface area contributed by atoms with Crippen LogP contribution in [0, 0.1) is 0 Å². The predicted molar refractivity (Wildman–Crippen MR) is 137 cm³/mol. The fraction of sp³-hybridized carbons (Fsp3) is 0.423. The summed E-state index contributed by atoms with van der Waals surface area (Å²) < 4.78 is 13.1. The van der Waals surface area contributed by atoms with E-state index in [0.29, 0.717) is 24.7 Å². The zero-order valence-corrected chi connectivity index (χ0v) is 21.2. The van der Waals surface area contributed by atoms with E-state index in [4.69, 9.17) is 9.47 Å². The molecule has 186 valence electrons. The number of ether oxygens (including phenoxy) is 2. The van der Waals surface area contributed by atoms with Crippen molar-refractivity contribution in [1.82, 2.24) is 25.0 Å². The minimum absolute atomic E-state index is 0.0770. The van der Waals surface area contributed by atoms with Gasteiger partial charge in [-0.05, 0) is 57.1 Å². The Morgan fingerprint density at radius 2 is 1.74 bits per heavy atom. The molecule has 1 amide bonds. The van der Waals surface area contributed by atoms with E-state index in [2.05, 4.69) is 44.0 Å². The van der Waals surface area contributed by atoms with E-state index in [1.54, 1.807) is 7.11 Å². The van der Waals surface area contributed by atoms with Gasteiger partial charge >= 0.3 is 0 Å². The molecule has 1 aliphatic rings. The molecule has 35 heavy (non-hydrogen) atoms. The molecular weight excluding hydrogens is 462 g/mol.